The molecule has 0 unspecified atom stereocenters. The summed E-state index contributed by atoms with van der Waals surface area (Å²) in [5.74, 6) is 0. The zero-order valence-electron chi connectivity index (χ0n) is 15.9. The van der Waals surface area contributed by atoms with Gasteiger partial charge in [-0.1, -0.05) is 84.0 Å². The third-order valence-corrected chi connectivity index (χ3v) is 4.18. The average Bonchev–Trinajstić information content (AvgIpc) is 2.38. The summed E-state index contributed by atoms with van der Waals surface area (Å²) in [6.45, 7) is 3.63. The molecule has 22 heavy (non-hydrogen) atoms. The number of unbranched alkanes of at least 4 members (excludes halogenated alkanes) is 13. The molecule has 4 radical (unpaired) electrons. The highest BCUT2D eigenvalue weighted by molar-refractivity contribution is 4.49. The van der Waals surface area contributed by atoms with Crippen LogP contribution in [0.2, 0.25) is 0 Å². The van der Waals surface area contributed by atoms with Crippen LogP contribution in [0.3, 0.4) is 0 Å². The maximum atomic E-state index is 2.29. The Balaban J connectivity index is -0.00000180. The molecule has 0 aliphatic rings. The fraction of sp³-hybridized carbons (Fsp3) is 0.950. The van der Waals surface area contributed by atoms with Crippen molar-refractivity contribution < 1.29 is 21.5 Å². The molecule has 0 saturated carbocycles. The second kappa shape index (κ2) is 19.5. The first-order valence-corrected chi connectivity index (χ1v) is 9.36. The smallest absolute Gasteiger partial charge is 0.0780 e. The minimum atomic E-state index is 0. The molecule has 2 heteroatoms. The number of hydrogen-bond donors (Lipinski definition) is 0. The summed E-state index contributed by atoms with van der Waals surface area (Å²) in [6.07, 6.45) is 20.4. The van der Waals surface area contributed by atoms with Gasteiger partial charge >= 0.3 is 0 Å². The highest BCUT2D eigenvalue weighted by atomic mass is 79.9. The quantitative estimate of drug-likeness (QED) is 0.304. The van der Waals surface area contributed by atoms with Gasteiger partial charge in [0.1, 0.15) is 0 Å². The van der Waals surface area contributed by atoms with Crippen LogP contribution in [0, 0.1) is 7.43 Å². The van der Waals surface area contributed by atoms with E-state index in [-0.39, 0.29) is 24.4 Å². The van der Waals surface area contributed by atoms with Gasteiger partial charge in [-0.05, 0) is 12.8 Å². The second-order valence-electron chi connectivity index (χ2n) is 7.61. The lowest BCUT2D eigenvalue weighted by molar-refractivity contribution is -0.870. The molecule has 0 fully saturated rings. The van der Waals surface area contributed by atoms with E-state index < -0.39 is 0 Å². The Morgan fingerprint density at radius 2 is 0.773 bits per heavy atom. The Labute approximate surface area is 153 Å². The van der Waals surface area contributed by atoms with E-state index in [4.69, 9.17) is 0 Å². The third-order valence-electron chi connectivity index (χ3n) is 4.18. The van der Waals surface area contributed by atoms with Gasteiger partial charge in [0, 0.05) is 7.43 Å². The number of rotatable bonds is 15. The Hall–Kier alpha value is 0.440. The van der Waals surface area contributed by atoms with Gasteiger partial charge in [0.25, 0.3) is 0 Å². The van der Waals surface area contributed by atoms with Crippen molar-refractivity contribution >= 4 is 0 Å². The van der Waals surface area contributed by atoms with E-state index in [9.17, 15) is 0 Å². The molecule has 0 amide bonds. The van der Waals surface area contributed by atoms with Gasteiger partial charge < -0.3 is 21.5 Å². The second-order valence-corrected chi connectivity index (χ2v) is 7.61. The normalized spacial score (nSPS) is 10.9. The molecule has 0 aromatic carbocycles. The topological polar surface area (TPSA) is 0 Å². The summed E-state index contributed by atoms with van der Waals surface area (Å²) < 4.78 is 1.12. The van der Waals surface area contributed by atoms with Crippen LogP contribution in [-0.4, -0.2) is 32.2 Å². The van der Waals surface area contributed by atoms with Crippen molar-refractivity contribution in [2.24, 2.45) is 0 Å². The maximum Gasteiger partial charge on any atom is 0.0780 e. The molecule has 0 aliphatic carbocycles. The Morgan fingerprint density at radius 1 is 0.500 bits per heavy atom. The average molecular weight is 376 g/mol. The molecule has 0 aromatic heterocycles. The Kier molecular flexibility index (Phi) is 24.2. The SMILES string of the molecule is CCCCCCCCCCCCCCCC[N+](C)(C)C.[Br-].[C]. The predicted octanol–water partition coefficient (Wildman–Crippen LogP) is 3.26. The van der Waals surface area contributed by atoms with Gasteiger partial charge in [0.05, 0.1) is 27.7 Å². The molecule has 134 valence electrons. The molecule has 0 aliphatic heterocycles. The van der Waals surface area contributed by atoms with E-state index in [0.29, 0.717) is 0 Å². The fourth-order valence-electron chi connectivity index (χ4n) is 2.78. The number of halogens is 1. The van der Waals surface area contributed by atoms with E-state index in [2.05, 4.69) is 28.1 Å². The number of nitrogens with zero attached hydrogens (tertiary/aromatic N) is 1. The minimum absolute atomic E-state index is 0. The molecular formula is C20H42BrN. The molecule has 0 rings (SSSR count). The fourth-order valence-corrected chi connectivity index (χ4v) is 2.78. The van der Waals surface area contributed by atoms with Gasteiger partial charge in [0.2, 0.25) is 0 Å². The first kappa shape index (κ1) is 27.3. The summed E-state index contributed by atoms with van der Waals surface area (Å²) in [7, 11) is 6.88. The van der Waals surface area contributed by atoms with Crippen molar-refractivity contribution in [1.82, 2.24) is 0 Å². The van der Waals surface area contributed by atoms with Crippen molar-refractivity contribution in [3.63, 3.8) is 0 Å². The predicted molar refractivity (Wildman–Crippen MR) is 96.5 cm³/mol. The Morgan fingerprint density at radius 3 is 1.05 bits per heavy atom. The Bertz CT molecular complexity index is 187. The molecule has 0 atom stereocenters. The lowest BCUT2D eigenvalue weighted by atomic mass is 10.0. The van der Waals surface area contributed by atoms with Crippen LogP contribution in [0.1, 0.15) is 96.8 Å². The first-order valence-electron chi connectivity index (χ1n) is 9.36. The summed E-state index contributed by atoms with van der Waals surface area (Å²) >= 11 is 0. The summed E-state index contributed by atoms with van der Waals surface area (Å²) in [5.41, 5.74) is 0. The van der Waals surface area contributed by atoms with Gasteiger partial charge in [-0.3, -0.25) is 0 Å². The molecule has 0 spiro atoms. The van der Waals surface area contributed by atoms with Crippen molar-refractivity contribution in [2.75, 3.05) is 27.7 Å². The lowest BCUT2D eigenvalue weighted by Gasteiger charge is -2.23. The molecular weight excluding hydrogens is 334 g/mol. The largest absolute Gasteiger partial charge is 1.00 e. The summed E-state index contributed by atoms with van der Waals surface area (Å²) in [5, 5.41) is 0. The number of hydrogen-bond acceptors (Lipinski definition) is 0. The standard InChI is InChI=1S/C19H42N.C.BrH/c1-5-6-7-8-9-10-11-12-13-14-15-16-17-18-19-20(2,3)4;;/h5-19H2,1-4H3;;1H/q+1;;/p-1. The van der Waals surface area contributed by atoms with Crippen LogP contribution in [0.25, 0.3) is 0 Å². The highest BCUT2D eigenvalue weighted by Gasteiger charge is 2.04. The zero-order valence-corrected chi connectivity index (χ0v) is 17.5. The van der Waals surface area contributed by atoms with Crippen LogP contribution >= 0.6 is 0 Å². The lowest BCUT2D eigenvalue weighted by Crippen LogP contribution is -3.00. The van der Waals surface area contributed by atoms with Gasteiger partial charge in [-0.25, -0.2) is 0 Å². The summed E-state index contributed by atoms with van der Waals surface area (Å²) in [6, 6.07) is 0. The van der Waals surface area contributed by atoms with Crippen LogP contribution < -0.4 is 17.0 Å². The van der Waals surface area contributed by atoms with Crippen molar-refractivity contribution in [3.8, 4) is 0 Å². The van der Waals surface area contributed by atoms with Gasteiger partial charge in [-0.15, -0.1) is 0 Å². The van der Waals surface area contributed by atoms with E-state index in [1.807, 2.05) is 0 Å². The zero-order chi connectivity index (χ0) is 15.1. The molecule has 0 heterocycles. The maximum absolute atomic E-state index is 2.29. The minimum Gasteiger partial charge on any atom is -1.00 e. The molecule has 0 aromatic rings. The van der Waals surface area contributed by atoms with E-state index in [1.165, 1.54) is 96.4 Å². The first-order chi connectivity index (χ1) is 9.56. The van der Waals surface area contributed by atoms with E-state index in [0.717, 1.165) is 4.48 Å². The van der Waals surface area contributed by atoms with Gasteiger partial charge in [-0.2, -0.15) is 0 Å². The molecule has 0 saturated heterocycles. The number of quaternary nitrogens is 1. The van der Waals surface area contributed by atoms with Crippen LogP contribution in [-0.2, 0) is 0 Å². The van der Waals surface area contributed by atoms with Crippen molar-refractivity contribution in [3.05, 3.63) is 7.43 Å². The van der Waals surface area contributed by atoms with E-state index in [1.54, 1.807) is 0 Å². The van der Waals surface area contributed by atoms with Crippen LogP contribution in [0.4, 0.5) is 0 Å². The van der Waals surface area contributed by atoms with Crippen molar-refractivity contribution in [2.45, 2.75) is 96.8 Å². The molecule has 0 bridgehead atoms. The van der Waals surface area contributed by atoms with E-state index >= 15 is 0 Å². The van der Waals surface area contributed by atoms with Gasteiger partial charge in [0.15, 0.2) is 0 Å². The summed E-state index contributed by atoms with van der Waals surface area (Å²) in [4.78, 5) is 0. The molecule has 1 nitrogen and oxygen atoms in total. The monoisotopic (exact) mass is 375 g/mol. The van der Waals surface area contributed by atoms with Crippen LogP contribution in [0.5, 0.6) is 0 Å². The third kappa shape index (κ3) is 25.4. The highest BCUT2D eigenvalue weighted by Crippen LogP contribution is 2.13. The van der Waals surface area contributed by atoms with Crippen LogP contribution in [0.15, 0.2) is 0 Å². The molecule has 0 N–H and O–H groups in total. The van der Waals surface area contributed by atoms with Crippen molar-refractivity contribution in [1.29, 1.82) is 0 Å².